The Bertz CT molecular complexity index is 514. The van der Waals surface area contributed by atoms with Crippen LogP contribution in [0.5, 0.6) is 5.75 Å². The fourth-order valence-electron chi connectivity index (χ4n) is 1.94. The van der Waals surface area contributed by atoms with Gasteiger partial charge in [-0.25, -0.2) is 4.39 Å². The van der Waals surface area contributed by atoms with Crippen molar-refractivity contribution in [2.45, 2.75) is 32.7 Å². The third-order valence-electron chi connectivity index (χ3n) is 3.11. The Morgan fingerprint density at radius 3 is 2.48 bits per heavy atom. The first kappa shape index (κ1) is 21.7. The second kappa shape index (κ2) is 13.0. The van der Waals surface area contributed by atoms with Crippen molar-refractivity contribution in [1.29, 1.82) is 0 Å². The van der Waals surface area contributed by atoms with Crippen LogP contribution in [0.2, 0.25) is 0 Å². The minimum atomic E-state index is -0.317. The molecule has 0 aliphatic carbocycles. The molecule has 142 valence electrons. The van der Waals surface area contributed by atoms with Crippen LogP contribution in [-0.4, -0.2) is 50.4 Å². The summed E-state index contributed by atoms with van der Waals surface area (Å²) in [4.78, 5) is 11.0. The summed E-state index contributed by atoms with van der Waals surface area (Å²) in [5.41, 5.74) is 0.479. The Morgan fingerprint density at radius 2 is 1.84 bits per heavy atom. The van der Waals surface area contributed by atoms with E-state index in [1.165, 1.54) is 17.8 Å². The van der Waals surface area contributed by atoms with E-state index in [-0.39, 0.29) is 23.6 Å². The molecular weight excluding hydrogens is 345 g/mol. The van der Waals surface area contributed by atoms with Gasteiger partial charge in [-0.1, -0.05) is 11.8 Å². The van der Waals surface area contributed by atoms with Crippen LogP contribution in [0.15, 0.2) is 18.2 Å². The topological polar surface area (TPSA) is 56.8 Å². The molecule has 25 heavy (non-hydrogen) atoms. The van der Waals surface area contributed by atoms with Crippen LogP contribution in [0.1, 0.15) is 26.7 Å². The average molecular weight is 373 g/mol. The average Bonchev–Trinajstić information content (AvgIpc) is 2.58. The summed E-state index contributed by atoms with van der Waals surface area (Å²) in [5, 5.41) is 3.06. The first-order valence-corrected chi connectivity index (χ1v) is 9.66. The molecule has 1 rings (SSSR count). The van der Waals surface area contributed by atoms with Crippen LogP contribution in [0, 0.1) is 5.82 Å². The van der Waals surface area contributed by atoms with Gasteiger partial charge in [0.05, 0.1) is 12.3 Å². The number of benzene rings is 1. The van der Waals surface area contributed by atoms with Crippen LogP contribution >= 0.6 is 11.8 Å². The maximum atomic E-state index is 13.9. The lowest BCUT2D eigenvalue weighted by molar-refractivity contribution is -0.115. The SMILES string of the molecule is CSC(=O)COCCCOCCCOc1ccc(NC(C)C)c(F)c1. The number of ether oxygens (including phenoxy) is 3. The predicted octanol–water partition coefficient (Wildman–Crippen LogP) is 3.73. The Hall–Kier alpha value is -1.31. The van der Waals surface area contributed by atoms with Crippen molar-refractivity contribution in [2.24, 2.45) is 0 Å². The summed E-state index contributed by atoms with van der Waals surface area (Å²) in [6.07, 6.45) is 3.21. The zero-order valence-electron chi connectivity index (χ0n) is 15.2. The van der Waals surface area contributed by atoms with Crippen LogP contribution in [0.25, 0.3) is 0 Å². The molecule has 0 aromatic heterocycles. The molecule has 0 fully saturated rings. The van der Waals surface area contributed by atoms with Crippen LogP contribution in [-0.2, 0) is 14.3 Å². The molecule has 1 aromatic rings. The summed E-state index contributed by atoms with van der Waals surface area (Å²) in [7, 11) is 0. The molecule has 0 saturated carbocycles. The molecular formula is C18H28FNO4S. The van der Waals surface area contributed by atoms with E-state index in [0.717, 1.165) is 12.8 Å². The number of anilines is 1. The number of rotatable bonds is 13. The lowest BCUT2D eigenvalue weighted by Gasteiger charge is -2.12. The van der Waals surface area contributed by atoms with Gasteiger partial charge in [0.15, 0.2) is 0 Å². The maximum absolute atomic E-state index is 13.9. The molecule has 0 heterocycles. The monoisotopic (exact) mass is 373 g/mol. The zero-order chi connectivity index (χ0) is 18.5. The highest BCUT2D eigenvalue weighted by Crippen LogP contribution is 2.21. The van der Waals surface area contributed by atoms with E-state index < -0.39 is 0 Å². The Morgan fingerprint density at radius 1 is 1.16 bits per heavy atom. The molecule has 5 nitrogen and oxygen atoms in total. The molecule has 0 radical (unpaired) electrons. The van der Waals surface area contributed by atoms with Crippen molar-refractivity contribution in [2.75, 3.05) is 44.6 Å². The molecule has 0 aliphatic rings. The zero-order valence-corrected chi connectivity index (χ0v) is 16.0. The molecule has 0 bridgehead atoms. The summed E-state index contributed by atoms with van der Waals surface area (Å²) in [5.74, 6) is 0.195. The van der Waals surface area contributed by atoms with E-state index in [2.05, 4.69) is 5.32 Å². The second-order valence-electron chi connectivity index (χ2n) is 5.74. The number of hydrogen-bond donors (Lipinski definition) is 1. The van der Waals surface area contributed by atoms with E-state index >= 15 is 0 Å². The van der Waals surface area contributed by atoms with Gasteiger partial charge in [0.1, 0.15) is 18.2 Å². The summed E-state index contributed by atoms with van der Waals surface area (Å²) in [6, 6.07) is 5.00. The fourth-order valence-corrected chi connectivity index (χ4v) is 2.15. The van der Waals surface area contributed by atoms with E-state index in [4.69, 9.17) is 14.2 Å². The highest BCUT2D eigenvalue weighted by molar-refractivity contribution is 8.13. The minimum Gasteiger partial charge on any atom is -0.493 e. The summed E-state index contributed by atoms with van der Waals surface area (Å²) < 4.78 is 30.0. The van der Waals surface area contributed by atoms with Gasteiger partial charge in [-0.05, 0) is 38.7 Å². The lowest BCUT2D eigenvalue weighted by atomic mass is 10.2. The third kappa shape index (κ3) is 10.3. The summed E-state index contributed by atoms with van der Waals surface area (Å²) in [6.45, 7) is 6.20. The third-order valence-corrected chi connectivity index (χ3v) is 3.68. The number of carbonyl (C=O) groups excluding carboxylic acids is 1. The van der Waals surface area contributed by atoms with Gasteiger partial charge >= 0.3 is 0 Å². The van der Waals surface area contributed by atoms with Gasteiger partial charge in [-0.3, -0.25) is 4.79 Å². The lowest BCUT2D eigenvalue weighted by Crippen LogP contribution is -2.11. The molecule has 0 amide bonds. The summed E-state index contributed by atoms with van der Waals surface area (Å²) >= 11 is 1.17. The van der Waals surface area contributed by atoms with E-state index in [1.807, 2.05) is 13.8 Å². The molecule has 0 spiro atoms. The number of thioether (sulfide) groups is 1. The van der Waals surface area contributed by atoms with Gasteiger partial charge in [0.2, 0.25) is 5.12 Å². The van der Waals surface area contributed by atoms with Gasteiger partial charge < -0.3 is 19.5 Å². The normalized spacial score (nSPS) is 10.9. The molecule has 0 unspecified atom stereocenters. The van der Waals surface area contributed by atoms with Crippen molar-refractivity contribution in [1.82, 2.24) is 0 Å². The van der Waals surface area contributed by atoms with Crippen LogP contribution in [0.4, 0.5) is 10.1 Å². The standard InChI is InChI=1S/C18H28FNO4S/c1-14(2)20-17-7-6-15(12-16(17)19)24-11-5-9-22-8-4-10-23-13-18(21)25-3/h6-7,12,14,20H,4-5,8-11,13H2,1-3H3. The van der Waals surface area contributed by atoms with E-state index in [0.29, 0.717) is 37.9 Å². The van der Waals surface area contributed by atoms with Gasteiger partial charge in [-0.15, -0.1) is 0 Å². The van der Waals surface area contributed by atoms with Crippen molar-refractivity contribution in [3.8, 4) is 5.75 Å². The molecule has 7 heteroatoms. The number of halogens is 1. The number of hydrogen-bond acceptors (Lipinski definition) is 6. The van der Waals surface area contributed by atoms with Crippen molar-refractivity contribution in [3.63, 3.8) is 0 Å². The van der Waals surface area contributed by atoms with E-state index in [9.17, 15) is 9.18 Å². The van der Waals surface area contributed by atoms with E-state index in [1.54, 1.807) is 18.4 Å². The van der Waals surface area contributed by atoms with Gasteiger partial charge in [0, 0.05) is 38.3 Å². The highest BCUT2D eigenvalue weighted by Gasteiger charge is 2.05. The van der Waals surface area contributed by atoms with Crippen LogP contribution < -0.4 is 10.1 Å². The van der Waals surface area contributed by atoms with Gasteiger partial charge in [-0.2, -0.15) is 0 Å². The maximum Gasteiger partial charge on any atom is 0.214 e. The Kier molecular flexibility index (Phi) is 11.3. The van der Waals surface area contributed by atoms with Crippen molar-refractivity contribution in [3.05, 3.63) is 24.0 Å². The number of carbonyl (C=O) groups is 1. The quantitative estimate of drug-likeness (QED) is 0.532. The fraction of sp³-hybridized carbons (Fsp3) is 0.611. The predicted molar refractivity (Wildman–Crippen MR) is 100 cm³/mol. The molecule has 0 aliphatic heterocycles. The Balaban J connectivity index is 2.04. The first-order valence-electron chi connectivity index (χ1n) is 8.44. The smallest absolute Gasteiger partial charge is 0.214 e. The molecule has 1 N–H and O–H groups in total. The van der Waals surface area contributed by atoms with Gasteiger partial charge in [0.25, 0.3) is 0 Å². The Labute approximate surface area is 153 Å². The van der Waals surface area contributed by atoms with Crippen molar-refractivity contribution < 1.29 is 23.4 Å². The minimum absolute atomic E-state index is 0.0301. The number of nitrogens with one attached hydrogen (secondary N) is 1. The molecule has 0 atom stereocenters. The second-order valence-corrected chi connectivity index (χ2v) is 6.60. The molecule has 0 saturated heterocycles. The van der Waals surface area contributed by atoms with Crippen molar-refractivity contribution >= 4 is 22.6 Å². The highest BCUT2D eigenvalue weighted by atomic mass is 32.2. The largest absolute Gasteiger partial charge is 0.493 e. The first-order chi connectivity index (χ1) is 12.0. The van der Waals surface area contributed by atoms with Crippen LogP contribution in [0.3, 0.4) is 0 Å². The molecule has 1 aromatic carbocycles.